The average Bonchev–Trinajstić information content (AvgIpc) is 3.13. The van der Waals surface area contributed by atoms with Gasteiger partial charge in [-0.2, -0.15) is 4.98 Å². The van der Waals surface area contributed by atoms with E-state index < -0.39 is 5.82 Å². The van der Waals surface area contributed by atoms with Gasteiger partial charge in [0.2, 0.25) is 0 Å². The number of halogens is 2. The quantitative estimate of drug-likeness (QED) is 0.671. The van der Waals surface area contributed by atoms with Gasteiger partial charge in [0.25, 0.3) is 5.89 Å². The summed E-state index contributed by atoms with van der Waals surface area (Å²) in [5.74, 6) is 0.403. The first-order valence-corrected chi connectivity index (χ1v) is 8.59. The third-order valence-electron chi connectivity index (χ3n) is 4.72. The first-order valence-electron chi connectivity index (χ1n) is 8.59. The molecular formula is C20H18F2N2O2. The van der Waals surface area contributed by atoms with Crippen molar-refractivity contribution in [2.75, 3.05) is 13.2 Å². The largest absolute Gasteiger partial charge is 0.381 e. The fraction of sp³-hybridized carbons (Fsp3) is 0.300. The van der Waals surface area contributed by atoms with Gasteiger partial charge >= 0.3 is 0 Å². The Morgan fingerprint density at radius 1 is 1.00 bits per heavy atom. The minimum Gasteiger partial charge on any atom is -0.381 e. The maximum Gasteiger partial charge on any atom is 0.258 e. The first kappa shape index (κ1) is 16.8. The molecule has 2 heterocycles. The van der Waals surface area contributed by atoms with Crippen LogP contribution in [-0.4, -0.2) is 23.4 Å². The van der Waals surface area contributed by atoms with Gasteiger partial charge < -0.3 is 9.26 Å². The first-order chi connectivity index (χ1) is 12.6. The number of rotatable bonds is 3. The molecule has 134 valence electrons. The lowest BCUT2D eigenvalue weighted by Crippen LogP contribution is -2.15. The smallest absolute Gasteiger partial charge is 0.258 e. The zero-order valence-electron chi connectivity index (χ0n) is 14.3. The molecule has 26 heavy (non-hydrogen) atoms. The second kappa shape index (κ2) is 6.96. The van der Waals surface area contributed by atoms with Crippen molar-refractivity contribution < 1.29 is 18.0 Å². The molecule has 1 aliphatic heterocycles. The Labute approximate surface area is 149 Å². The molecular weight excluding hydrogens is 338 g/mol. The van der Waals surface area contributed by atoms with E-state index in [9.17, 15) is 8.78 Å². The van der Waals surface area contributed by atoms with Crippen LogP contribution in [0, 0.1) is 18.6 Å². The van der Waals surface area contributed by atoms with Crippen molar-refractivity contribution >= 4 is 0 Å². The molecule has 0 radical (unpaired) electrons. The predicted octanol–water partition coefficient (Wildman–Crippen LogP) is 4.88. The lowest BCUT2D eigenvalue weighted by atomic mass is 9.98. The van der Waals surface area contributed by atoms with Gasteiger partial charge in [-0.3, -0.25) is 0 Å². The van der Waals surface area contributed by atoms with Crippen LogP contribution in [0.25, 0.3) is 22.6 Å². The Balaban J connectivity index is 1.63. The molecule has 0 spiro atoms. The Kier molecular flexibility index (Phi) is 4.51. The van der Waals surface area contributed by atoms with Crippen molar-refractivity contribution in [1.29, 1.82) is 0 Å². The molecule has 1 fully saturated rings. The van der Waals surface area contributed by atoms with Crippen molar-refractivity contribution in [1.82, 2.24) is 10.1 Å². The summed E-state index contributed by atoms with van der Waals surface area (Å²) in [6, 6.07) is 9.07. The summed E-state index contributed by atoms with van der Waals surface area (Å²) < 4.78 is 38.6. The molecule has 0 aliphatic carbocycles. The van der Waals surface area contributed by atoms with Crippen LogP contribution in [-0.2, 0) is 4.74 Å². The van der Waals surface area contributed by atoms with Crippen LogP contribution in [0.5, 0.6) is 0 Å². The maximum atomic E-state index is 14.7. The number of hydrogen-bond acceptors (Lipinski definition) is 4. The number of nitrogens with zero attached hydrogens (tertiary/aromatic N) is 2. The molecule has 0 atom stereocenters. The molecule has 0 amide bonds. The minimum absolute atomic E-state index is 0.215. The molecule has 0 N–H and O–H groups in total. The van der Waals surface area contributed by atoms with E-state index in [1.807, 2.05) is 0 Å². The van der Waals surface area contributed by atoms with Gasteiger partial charge in [0, 0.05) is 30.3 Å². The van der Waals surface area contributed by atoms with E-state index in [1.165, 1.54) is 18.2 Å². The van der Waals surface area contributed by atoms with Crippen molar-refractivity contribution in [3.05, 3.63) is 59.4 Å². The Morgan fingerprint density at radius 3 is 2.50 bits per heavy atom. The van der Waals surface area contributed by atoms with Crippen LogP contribution in [0.1, 0.15) is 30.1 Å². The van der Waals surface area contributed by atoms with E-state index in [4.69, 9.17) is 9.26 Å². The topological polar surface area (TPSA) is 48.2 Å². The van der Waals surface area contributed by atoms with Crippen LogP contribution >= 0.6 is 0 Å². The molecule has 1 saturated heterocycles. The summed E-state index contributed by atoms with van der Waals surface area (Å²) in [5.41, 5.74) is 2.27. The number of aryl methyl sites for hydroxylation is 1. The SMILES string of the molecule is Cc1cc(F)ccc1-c1ccc(-c2nc(C3CCOCC3)no2)cc1F. The zero-order chi connectivity index (χ0) is 18.1. The summed E-state index contributed by atoms with van der Waals surface area (Å²) in [4.78, 5) is 4.43. The summed E-state index contributed by atoms with van der Waals surface area (Å²) in [6.07, 6.45) is 1.71. The zero-order valence-corrected chi connectivity index (χ0v) is 14.3. The molecule has 4 rings (SSSR count). The molecule has 1 aliphatic rings. The molecule has 3 aromatic rings. The lowest BCUT2D eigenvalue weighted by Gasteiger charge is -2.18. The highest BCUT2D eigenvalue weighted by Gasteiger charge is 2.22. The highest BCUT2D eigenvalue weighted by Crippen LogP contribution is 2.31. The lowest BCUT2D eigenvalue weighted by molar-refractivity contribution is 0.0830. The third-order valence-corrected chi connectivity index (χ3v) is 4.72. The summed E-state index contributed by atoms with van der Waals surface area (Å²) in [5, 5.41) is 4.04. The van der Waals surface area contributed by atoms with Gasteiger partial charge in [0.1, 0.15) is 11.6 Å². The molecule has 4 nitrogen and oxygen atoms in total. The molecule has 0 bridgehead atoms. The van der Waals surface area contributed by atoms with Gasteiger partial charge in [-0.05, 0) is 55.2 Å². The van der Waals surface area contributed by atoms with Gasteiger partial charge in [-0.1, -0.05) is 17.3 Å². The van der Waals surface area contributed by atoms with E-state index in [1.54, 1.807) is 25.1 Å². The Bertz CT molecular complexity index is 933. The monoisotopic (exact) mass is 356 g/mol. The Morgan fingerprint density at radius 2 is 1.77 bits per heavy atom. The number of aromatic nitrogens is 2. The number of benzene rings is 2. The molecule has 2 aromatic carbocycles. The summed E-state index contributed by atoms with van der Waals surface area (Å²) in [6.45, 7) is 3.13. The van der Waals surface area contributed by atoms with Gasteiger partial charge in [0.15, 0.2) is 5.82 Å². The van der Waals surface area contributed by atoms with Crippen LogP contribution in [0.2, 0.25) is 0 Å². The highest BCUT2D eigenvalue weighted by atomic mass is 19.1. The molecule has 1 aromatic heterocycles. The summed E-state index contributed by atoms with van der Waals surface area (Å²) >= 11 is 0. The number of ether oxygens (including phenoxy) is 1. The van der Waals surface area contributed by atoms with E-state index >= 15 is 0 Å². The number of hydrogen-bond donors (Lipinski definition) is 0. The van der Waals surface area contributed by atoms with Crippen molar-refractivity contribution in [3.63, 3.8) is 0 Å². The third kappa shape index (κ3) is 3.24. The predicted molar refractivity (Wildman–Crippen MR) is 92.6 cm³/mol. The van der Waals surface area contributed by atoms with Gasteiger partial charge in [-0.25, -0.2) is 8.78 Å². The van der Waals surface area contributed by atoms with Crippen LogP contribution in [0.4, 0.5) is 8.78 Å². The highest BCUT2D eigenvalue weighted by molar-refractivity contribution is 5.70. The van der Waals surface area contributed by atoms with Crippen LogP contribution in [0.15, 0.2) is 40.9 Å². The van der Waals surface area contributed by atoms with E-state index in [-0.39, 0.29) is 11.7 Å². The average molecular weight is 356 g/mol. The second-order valence-corrected chi connectivity index (χ2v) is 6.50. The second-order valence-electron chi connectivity index (χ2n) is 6.50. The fourth-order valence-corrected chi connectivity index (χ4v) is 3.27. The van der Waals surface area contributed by atoms with Crippen molar-refractivity contribution in [2.45, 2.75) is 25.7 Å². The van der Waals surface area contributed by atoms with Crippen LogP contribution < -0.4 is 0 Å². The Hall–Kier alpha value is -2.60. The molecule has 0 saturated carbocycles. The standard InChI is InChI=1S/C20H18F2N2O2/c1-12-10-15(21)3-5-16(12)17-4-2-14(11-18(17)22)20-23-19(24-26-20)13-6-8-25-9-7-13/h2-5,10-11,13H,6-9H2,1H3. The maximum absolute atomic E-state index is 14.7. The fourth-order valence-electron chi connectivity index (χ4n) is 3.27. The van der Waals surface area contributed by atoms with Crippen LogP contribution in [0.3, 0.4) is 0 Å². The normalized spacial score (nSPS) is 15.3. The molecule has 6 heteroatoms. The van der Waals surface area contributed by atoms with Gasteiger partial charge in [-0.15, -0.1) is 0 Å². The van der Waals surface area contributed by atoms with E-state index in [0.29, 0.717) is 47.2 Å². The minimum atomic E-state index is -0.414. The van der Waals surface area contributed by atoms with Gasteiger partial charge in [0.05, 0.1) is 0 Å². The molecule has 0 unspecified atom stereocenters. The van der Waals surface area contributed by atoms with Crippen molar-refractivity contribution in [2.24, 2.45) is 0 Å². The van der Waals surface area contributed by atoms with Crippen molar-refractivity contribution in [3.8, 4) is 22.6 Å². The van der Waals surface area contributed by atoms with E-state index in [2.05, 4.69) is 10.1 Å². The summed E-state index contributed by atoms with van der Waals surface area (Å²) in [7, 11) is 0. The van der Waals surface area contributed by atoms with E-state index in [0.717, 1.165) is 12.8 Å².